The van der Waals surface area contributed by atoms with Gasteiger partial charge in [0.1, 0.15) is 12.6 Å². The molecule has 236 valence electrons. The molecule has 0 aromatic heterocycles. The fraction of sp³-hybridized carbons (Fsp3) is 0.297. The van der Waals surface area contributed by atoms with Crippen LogP contribution < -0.4 is 9.62 Å². The van der Waals surface area contributed by atoms with Gasteiger partial charge in [-0.05, 0) is 88.1 Å². The van der Waals surface area contributed by atoms with Crippen LogP contribution in [0.25, 0.3) is 0 Å². The van der Waals surface area contributed by atoms with Crippen molar-refractivity contribution in [1.82, 2.24) is 10.2 Å². The number of carbonyl (C=O) groups excluding carboxylic acids is 2. The van der Waals surface area contributed by atoms with Gasteiger partial charge in [-0.25, -0.2) is 8.42 Å². The Balaban J connectivity index is 1.82. The summed E-state index contributed by atoms with van der Waals surface area (Å²) in [6.45, 7) is 11.1. The number of nitrogens with one attached hydrogen (secondary N) is 1. The molecule has 0 bridgehead atoms. The Kier molecular flexibility index (Phi) is 10.8. The zero-order chi connectivity index (χ0) is 32.7. The number of sulfonamides is 1. The Labute approximate surface area is 268 Å². The van der Waals surface area contributed by atoms with E-state index < -0.39 is 28.5 Å². The number of rotatable bonds is 12. The van der Waals surface area contributed by atoms with Crippen molar-refractivity contribution in [3.63, 3.8) is 0 Å². The zero-order valence-electron chi connectivity index (χ0n) is 26.9. The van der Waals surface area contributed by atoms with Gasteiger partial charge < -0.3 is 10.2 Å². The molecule has 45 heavy (non-hydrogen) atoms. The number of aryl methyl sites for hydroxylation is 4. The van der Waals surface area contributed by atoms with Gasteiger partial charge in [0, 0.05) is 19.0 Å². The van der Waals surface area contributed by atoms with Crippen molar-refractivity contribution in [3.8, 4) is 0 Å². The lowest BCUT2D eigenvalue weighted by molar-refractivity contribution is -0.140. The molecule has 0 fully saturated rings. The van der Waals surface area contributed by atoms with E-state index in [0.717, 1.165) is 37.7 Å². The maximum absolute atomic E-state index is 14.5. The van der Waals surface area contributed by atoms with Crippen molar-refractivity contribution in [2.24, 2.45) is 0 Å². The summed E-state index contributed by atoms with van der Waals surface area (Å²) in [6.07, 6.45) is 0.269. The van der Waals surface area contributed by atoms with Crippen LogP contribution in [0, 0.1) is 27.7 Å². The lowest BCUT2D eigenvalue weighted by Gasteiger charge is -2.34. The van der Waals surface area contributed by atoms with Crippen LogP contribution in [0.4, 0.5) is 5.69 Å². The molecular formula is C37H43N3O4S. The van der Waals surface area contributed by atoms with E-state index in [1.54, 1.807) is 36.4 Å². The van der Waals surface area contributed by atoms with Gasteiger partial charge in [-0.2, -0.15) is 0 Å². The highest BCUT2D eigenvalue weighted by atomic mass is 32.2. The van der Waals surface area contributed by atoms with Crippen LogP contribution in [0.1, 0.15) is 47.2 Å². The summed E-state index contributed by atoms with van der Waals surface area (Å²) in [5.74, 6) is -0.780. The Bertz CT molecular complexity index is 1720. The molecule has 0 spiro atoms. The predicted molar refractivity (Wildman–Crippen MR) is 181 cm³/mol. The first kappa shape index (κ1) is 33.5. The van der Waals surface area contributed by atoms with E-state index in [1.165, 1.54) is 4.90 Å². The molecule has 1 unspecified atom stereocenters. The van der Waals surface area contributed by atoms with E-state index in [0.29, 0.717) is 5.69 Å². The molecule has 0 heterocycles. The van der Waals surface area contributed by atoms with E-state index in [1.807, 2.05) is 102 Å². The second kappa shape index (κ2) is 14.6. The Hall–Kier alpha value is -4.43. The van der Waals surface area contributed by atoms with Crippen LogP contribution in [0.2, 0.25) is 0 Å². The highest BCUT2D eigenvalue weighted by molar-refractivity contribution is 7.92. The summed E-state index contributed by atoms with van der Waals surface area (Å²) in [5.41, 5.74) is 6.01. The molecule has 1 N–H and O–H groups in total. The largest absolute Gasteiger partial charge is 0.352 e. The number of hydrogen-bond acceptors (Lipinski definition) is 4. The van der Waals surface area contributed by atoms with Gasteiger partial charge in [0.2, 0.25) is 11.8 Å². The summed E-state index contributed by atoms with van der Waals surface area (Å²) in [6, 6.07) is 28.2. The second-order valence-electron chi connectivity index (χ2n) is 12.0. The molecule has 0 radical (unpaired) electrons. The fourth-order valence-corrected chi connectivity index (χ4v) is 6.48. The topological polar surface area (TPSA) is 86.8 Å². The minimum absolute atomic E-state index is 0.0857. The first-order chi connectivity index (χ1) is 21.3. The molecule has 2 amide bonds. The SMILES string of the molecule is Cc1ccc(CN(C(=O)CN(c2ccc(C)c(C)c2)S(=O)(=O)c2ccc(C)cc2)C(Cc2ccccc2)C(=O)NC(C)C)cc1. The van der Waals surface area contributed by atoms with Gasteiger partial charge in [0.25, 0.3) is 10.0 Å². The van der Waals surface area contributed by atoms with Gasteiger partial charge >= 0.3 is 0 Å². The normalized spacial score (nSPS) is 12.1. The number of benzene rings is 4. The maximum atomic E-state index is 14.5. The lowest BCUT2D eigenvalue weighted by atomic mass is 10.0. The van der Waals surface area contributed by atoms with Crippen LogP contribution in [-0.2, 0) is 32.6 Å². The molecular weight excluding hydrogens is 582 g/mol. The highest BCUT2D eigenvalue weighted by Gasteiger charge is 2.35. The molecule has 0 aliphatic rings. The summed E-state index contributed by atoms with van der Waals surface area (Å²) in [5, 5.41) is 2.99. The van der Waals surface area contributed by atoms with E-state index in [2.05, 4.69) is 5.32 Å². The molecule has 8 heteroatoms. The molecule has 4 aromatic rings. The molecule has 0 aliphatic carbocycles. The summed E-state index contributed by atoms with van der Waals surface area (Å²) < 4.78 is 29.6. The number of carbonyl (C=O) groups is 2. The van der Waals surface area contributed by atoms with Crippen molar-refractivity contribution in [1.29, 1.82) is 0 Å². The number of hydrogen-bond donors (Lipinski definition) is 1. The molecule has 7 nitrogen and oxygen atoms in total. The number of anilines is 1. The number of amides is 2. The maximum Gasteiger partial charge on any atom is 0.264 e. The van der Waals surface area contributed by atoms with Gasteiger partial charge in [-0.15, -0.1) is 0 Å². The van der Waals surface area contributed by atoms with Crippen molar-refractivity contribution >= 4 is 27.5 Å². The van der Waals surface area contributed by atoms with Gasteiger partial charge in [-0.3, -0.25) is 13.9 Å². The van der Waals surface area contributed by atoms with E-state index >= 15 is 0 Å². The van der Waals surface area contributed by atoms with Crippen molar-refractivity contribution in [2.45, 2.75) is 71.5 Å². The third-order valence-corrected chi connectivity index (χ3v) is 9.63. The van der Waals surface area contributed by atoms with Crippen LogP contribution in [0.15, 0.2) is 102 Å². The Morgan fingerprint density at radius 3 is 1.91 bits per heavy atom. The van der Waals surface area contributed by atoms with E-state index in [4.69, 9.17) is 0 Å². The van der Waals surface area contributed by atoms with Crippen LogP contribution >= 0.6 is 0 Å². The average molecular weight is 626 g/mol. The van der Waals surface area contributed by atoms with Gasteiger partial charge in [0.15, 0.2) is 0 Å². The molecule has 0 saturated carbocycles. The minimum atomic E-state index is -4.15. The molecule has 1 atom stereocenters. The van der Waals surface area contributed by atoms with Gasteiger partial charge in [-0.1, -0.05) is 83.9 Å². The standard InChI is InChI=1S/C37H43N3O4S/c1-26(2)38-37(42)35(23-31-10-8-7-9-11-31)39(24-32-17-12-27(3)13-18-32)36(41)25-40(33-19-16-29(5)30(6)22-33)45(43,44)34-20-14-28(4)15-21-34/h7-22,26,35H,23-25H2,1-6H3,(H,38,42). The first-order valence-electron chi connectivity index (χ1n) is 15.2. The summed E-state index contributed by atoms with van der Waals surface area (Å²) >= 11 is 0. The number of nitrogens with zero attached hydrogens (tertiary/aromatic N) is 2. The van der Waals surface area contributed by atoms with E-state index in [9.17, 15) is 18.0 Å². The van der Waals surface area contributed by atoms with E-state index in [-0.39, 0.29) is 29.8 Å². The van der Waals surface area contributed by atoms with Crippen LogP contribution in [0.3, 0.4) is 0 Å². The van der Waals surface area contributed by atoms with Crippen LogP contribution in [-0.4, -0.2) is 43.8 Å². The summed E-state index contributed by atoms with van der Waals surface area (Å²) in [4.78, 5) is 30.0. The van der Waals surface area contributed by atoms with Gasteiger partial charge in [0.05, 0.1) is 10.6 Å². The Morgan fingerprint density at radius 2 is 1.33 bits per heavy atom. The Morgan fingerprint density at radius 1 is 0.733 bits per heavy atom. The molecule has 0 saturated heterocycles. The molecule has 4 rings (SSSR count). The average Bonchev–Trinajstić information content (AvgIpc) is 3.00. The monoisotopic (exact) mass is 625 g/mol. The minimum Gasteiger partial charge on any atom is -0.352 e. The third-order valence-electron chi connectivity index (χ3n) is 7.84. The quantitative estimate of drug-likeness (QED) is 0.201. The zero-order valence-corrected chi connectivity index (χ0v) is 27.8. The third kappa shape index (κ3) is 8.60. The second-order valence-corrected chi connectivity index (χ2v) is 13.8. The lowest BCUT2D eigenvalue weighted by Crippen LogP contribution is -2.54. The first-order valence-corrected chi connectivity index (χ1v) is 16.6. The fourth-order valence-electron chi connectivity index (χ4n) is 5.07. The smallest absolute Gasteiger partial charge is 0.264 e. The van der Waals surface area contributed by atoms with Crippen molar-refractivity contribution in [3.05, 3.63) is 130 Å². The van der Waals surface area contributed by atoms with Crippen LogP contribution in [0.5, 0.6) is 0 Å². The van der Waals surface area contributed by atoms with Crippen molar-refractivity contribution in [2.75, 3.05) is 10.8 Å². The molecule has 4 aromatic carbocycles. The summed E-state index contributed by atoms with van der Waals surface area (Å²) in [7, 11) is -4.15. The highest BCUT2D eigenvalue weighted by Crippen LogP contribution is 2.27. The predicted octanol–water partition coefficient (Wildman–Crippen LogP) is 6.28. The van der Waals surface area contributed by atoms with Crippen molar-refractivity contribution < 1.29 is 18.0 Å². The molecule has 0 aliphatic heterocycles.